The number of nitrogens with one attached hydrogen (secondary N) is 1. The molecule has 1 atom stereocenters. The second-order valence-corrected chi connectivity index (χ2v) is 8.80. The minimum absolute atomic E-state index is 0.0386. The molecule has 166 valence electrons. The van der Waals surface area contributed by atoms with E-state index in [0.717, 1.165) is 25.7 Å². The van der Waals surface area contributed by atoms with Crippen LogP contribution >= 0.6 is 0 Å². The smallest absolute Gasteiger partial charge is 0.294 e. The molecule has 2 aromatic carbocycles. The van der Waals surface area contributed by atoms with Gasteiger partial charge in [-0.1, -0.05) is 37.1 Å². The van der Waals surface area contributed by atoms with Crippen LogP contribution in [0.3, 0.4) is 0 Å². The van der Waals surface area contributed by atoms with E-state index in [1.807, 2.05) is 18.2 Å². The van der Waals surface area contributed by atoms with E-state index in [0.29, 0.717) is 22.3 Å². The molecule has 0 unspecified atom stereocenters. The van der Waals surface area contributed by atoms with Crippen molar-refractivity contribution in [3.8, 4) is 5.75 Å². The molecule has 0 saturated heterocycles. The summed E-state index contributed by atoms with van der Waals surface area (Å²) >= 11 is 0. The van der Waals surface area contributed by atoms with Gasteiger partial charge in [-0.3, -0.25) is 9.59 Å². The molecule has 2 aliphatic rings. The Kier molecular flexibility index (Phi) is 5.12. The van der Waals surface area contributed by atoms with E-state index in [1.165, 1.54) is 17.0 Å². The lowest BCUT2D eigenvalue weighted by atomic mass is 9.97. The number of carbonyl (C=O) groups is 2. The molecule has 5 rings (SSSR count). The average Bonchev–Trinajstić information content (AvgIpc) is 3.41. The number of fused-ring (bicyclic) bond motifs is 3. The Hall–Kier alpha value is -3.35. The molecule has 0 radical (unpaired) electrons. The molecule has 3 aromatic rings. The summed E-state index contributed by atoms with van der Waals surface area (Å²) in [4.78, 5) is 28.7. The van der Waals surface area contributed by atoms with Crippen molar-refractivity contribution < 1.29 is 23.1 Å². The number of halogens is 1. The SMILES string of the molecule is C[C@@]1(C(=O)NC2CCCC2)COc2c(oc3ccccc23)C(=O)N1Cc1cccc(F)c1. The van der Waals surface area contributed by atoms with Gasteiger partial charge in [0.25, 0.3) is 5.91 Å². The van der Waals surface area contributed by atoms with Crippen molar-refractivity contribution in [2.75, 3.05) is 6.61 Å². The maximum absolute atomic E-state index is 13.9. The molecule has 2 amide bonds. The van der Waals surface area contributed by atoms with Gasteiger partial charge >= 0.3 is 0 Å². The topological polar surface area (TPSA) is 71.8 Å². The molecule has 7 heteroatoms. The van der Waals surface area contributed by atoms with Crippen molar-refractivity contribution in [1.29, 1.82) is 0 Å². The third-order valence-electron chi connectivity index (χ3n) is 6.49. The number of para-hydroxylation sites is 1. The Labute approximate surface area is 185 Å². The zero-order chi connectivity index (χ0) is 22.3. The van der Waals surface area contributed by atoms with Crippen molar-refractivity contribution >= 4 is 22.8 Å². The average molecular weight is 436 g/mol. The Morgan fingerprint density at radius 2 is 1.97 bits per heavy atom. The van der Waals surface area contributed by atoms with Crippen LogP contribution in [0.4, 0.5) is 4.39 Å². The quantitative estimate of drug-likeness (QED) is 0.657. The van der Waals surface area contributed by atoms with Gasteiger partial charge < -0.3 is 19.4 Å². The van der Waals surface area contributed by atoms with Crippen LogP contribution < -0.4 is 10.1 Å². The largest absolute Gasteiger partial charge is 0.486 e. The van der Waals surface area contributed by atoms with Crippen LogP contribution in [-0.4, -0.2) is 34.9 Å². The number of ether oxygens (including phenoxy) is 1. The number of rotatable bonds is 4. The Bertz CT molecular complexity index is 1180. The first-order valence-corrected chi connectivity index (χ1v) is 11.0. The second kappa shape index (κ2) is 7.97. The molecule has 1 aliphatic heterocycles. The van der Waals surface area contributed by atoms with E-state index in [9.17, 15) is 14.0 Å². The zero-order valence-corrected chi connectivity index (χ0v) is 17.9. The number of furan rings is 1. The summed E-state index contributed by atoms with van der Waals surface area (Å²) in [5.41, 5.74) is -0.178. The van der Waals surface area contributed by atoms with E-state index >= 15 is 0 Å². The van der Waals surface area contributed by atoms with Gasteiger partial charge in [0.2, 0.25) is 11.7 Å². The van der Waals surface area contributed by atoms with Gasteiger partial charge in [0.15, 0.2) is 11.3 Å². The monoisotopic (exact) mass is 436 g/mol. The molecule has 2 heterocycles. The highest BCUT2D eigenvalue weighted by molar-refractivity contribution is 6.04. The van der Waals surface area contributed by atoms with Crippen LogP contribution in [0.1, 0.15) is 48.7 Å². The normalized spacial score (nSPS) is 21.3. The van der Waals surface area contributed by atoms with Gasteiger partial charge in [-0.15, -0.1) is 0 Å². The van der Waals surface area contributed by atoms with Crippen LogP contribution in [0.2, 0.25) is 0 Å². The number of benzene rings is 2. The first-order chi connectivity index (χ1) is 15.5. The van der Waals surface area contributed by atoms with E-state index in [2.05, 4.69) is 5.32 Å². The van der Waals surface area contributed by atoms with Crippen molar-refractivity contribution in [2.24, 2.45) is 0 Å². The number of nitrogens with zero attached hydrogens (tertiary/aromatic N) is 1. The van der Waals surface area contributed by atoms with Crippen molar-refractivity contribution in [3.63, 3.8) is 0 Å². The molecule has 0 bridgehead atoms. The van der Waals surface area contributed by atoms with Gasteiger partial charge in [-0.25, -0.2) is 4.39 Å². The van der Waals surface area contributed by atoms with Crippen LogP contribution in [0.25, 0.3) is 11.0 Å². The summed E-state index contributed by atoms with van der Waals surface area (Å²) in [5, 5.41) is 3.79. The molecular weight excluding hydrogens is 411 g/mol. The lowest BCUT2D eigenvalue weighted by molar-refractivity contribution is -0.133. The third-order valence-corrected chi connectivity index (χ3v) is 6.49. The molecule has 0 spiro atoms. The first kappa shape index (κ1) is 20.5. The molecule has 1 aromatic heterocycles. The van der Waals surface area contributed by atoms with Crippen LogP contribution in [0.5, 0.6) is 5.75 Å². The summed E-state index contributed by atoms with van der Waals surface area (Å²) in [6.45, 7) is 1.71. The van der Waals surface area contributed by atoms with Crippen LogP contribution in [-0.2, 0) is 11.3 Å². The molecule has 32 heavy (non-hydrogen) atoms. The minimum atomic E-state index is -1.30. The van der Waals surface area contributed by atoms with E-state index in [-0.39, 0.29) is 30.9 Å². The Morgan fingerprint density at radius 3 is 2.75 bits per heavy atom. The van der Waals surface area contributed by atoms with Crippen molar-refractivity contribution in [1.82, 2.24) is 10.2 Å². The molecule has 1 saturated carbocycles. The number of carbonyl (C=O) groups excluding carboxylic acids is 2. The van der Waals surface area contributed by atoms with Crippen LogP contribution in [0, 0.1) is 5.82 Å². The highest BCUT2D eigenvalue weighted by Crippen LogP contribution is 2.39. The van der Waals surface area contributed by atoms with Gasteiger partial charge in [0.1, 0.15) is 18.0 Å². The van der Waals surface area contributed by atoms with Gasteiger partial charge in [-0.05, 0) is 49.6 Å². The maximum Gasteiger partial charge on any atom is 0.294 e. The Balaban J connectivity index is 1.56. The second-order valence-electron chi connectivity index (χ2n) is 8.80. The number of hydrogen-bond acceptors (Lipinski definition) is 4. The van der Waals surface area contributed by atoms with Gasteiger partial charge in [-0.2, -0.15) is 0 Å². The summed E-state index contributed by atoms with van der Waals surface area (Å²) in [7, 11) is 0. The van der Waals surface area contributed by atoms with E-state index in [4.69, 9.17) is 9.15 Å². The van der Waals surface area contributed by atoms with Crippen molar-refractivity contribution in [3.05, 3.63) is 65.7 Å². The first-order valence-electron chi connectivity index (χ1n) is 11.0. The number of amides is 2. The molecule has 1 fully saturated rings. The van der Waals surface area contributed by atoms with Crippen LogP contribution in [0.15, 0.2) is 52.9 Å². The summed E-state index contributed by atoms with van der Waals surface area (Å²) in [6.07, 6.45) is 3.99. The fraction of sp³-hybridized carbons (Fsp3) is 0.360. The van der Waals surface area contributed by atoms with Gasteiger partial charge in [0, 0.05) is 12.6 Å². The van der Waals surface area contributed by atoms with Crippen molar-refractivity contribution in [2.45, 2.75) is 50.7 Å². The lowest BCUT2D eigenvalue weighted by Crippen LogP contribution is -2.62. The molecule has 1 N–H and O–H groups in total. The summed E-state index contributed by atoms with van der Waals surface area (Å²) in [5.74, 6) is -0.736. The van der Waals surface area contributed by atoms with E-state index in [1.54, 1.807) is 25.1 Å². The van der Waals surface area contributed by atoms with Gasteiger partial charge in [0.05, 0.1) is 5.39 Å². The predicted molar refractivity (Wildman–Crippen MR) is 117 cm³/mol. The highest BCUT2D eigenvalue weighted by atomic mass is 19.1. The van der Waals surface area contributed by atoms with E-state index < -0.39 is 17.3 Å². The molecular formula is C25H25FN2O4. The number of hydrogen-bond donors (Lipinski definition) is 1. The fourth-order valence-electron chi connectivity index (χ4n) is 4.61. The zero-order valence-electron chi connectivity index (χ0n) is 17.9. The highest BCUT2D eigenvalue weighted by Gasteiger charge is 2.48. The third kappa shape index (κ3) is 3.51. The standard InChI is InChI=1S/C25H25FN2O4/c1-25(24(30)27-18-9-2-3-10-18)15-31-21-19-11-4-5-12-20(19)32-22(21)23(29)28(25)14-16-7-6-8-17(26)13-16/h4-8,11-13,18H,2-3,9-10,14-15H2,1H3,(H,27,30)/t25-/m0/s1. The molecule has 1 aliphatic carbocycles. The minimum Gasteiger partial charge on any atom is -0.486 e. The fourth-order valence-corrected chi connectivity index (χ4v) is 4.61. The summed E-state index contributed by atoms with van der Waals surface area (Å²) < 4.78 is 25.8. The Morgan fingerprint density at radius 1 is 1.19 bits per heavy atom. The molecule has 6 nitrogen and oxygen atoms in total. The lowest BCUT2D eigenvalue weighted by Gasteiger charge is -2.38. The summed E-state index contributed by atoms with van der Waals surface area (Å²) in [6, 6.07) is 13.4. The predicted octanol–water partition coefficient (Wildman–Crippen LogP) is 4.42. The maximum atomic E-state index is 13.9.